The molecule has 0 saturated carbocycles. The standard InChI is InChI=1S/C10H12N2O6S/c1-5(9(11)14)12-19(17,18)6-2-3-8(13)7(4-6)10(15)16/h2-5,12-13H,1H3,(H2,11,14)(H,15,16). The summed E-state index contributed by atoms with van der Waals surface area (Å²) in [5.41, 5.74) is 4.36. The number of carbonyl (C=O) groups is 2. The van der Waals surface area contributed by atoms with E-state index in [1.54, 1.807) is 0 Å². The van der Waals surface area contributed by atoms with Gasteiger partial charge in [-0.1, -0.05) is 0 Å². The van der Waals surface area contributed by atoms with Crippen molar-refractivity contribution in [3.05, 3.63) is 23.8 Å². The zero-order chi connectivity index (χ0) is 14.8. The third-order valence-corrected chi connectivity index (χ3v) is 3.81. The minimum atomic E-state index is -4.10. The molecule has 0 aliphatic carbocycles. The van der Waals surface area contributed by atoms with E-state index in [-0.39, 0.29) is 0 Å². The van der Waals surface area contributed by atoms with Crippen molar-refractivity contribution >= 4 is 21.9 Å². The lowest BCUT2D eigenvalue weighted by molar-refractivity contribution is -0.119. The zero-order valence-corrected chi connectivity index (χ0v) is 10.6. The van der Waals surface area contributed by atoms with E-state index < -0.39 is 44.2 Å². The van der Waals surface area contributed by atoms with Crippen LogP contribution in [0.2, 0.25) is 0 Å². The Labute approximate surface area is 108 Å². The highest BCUT2D eigenvalue weighted by Crippen LogP contribution is 2.21. The van der Waals surface area contributed by atoms with Gasteiger partial charge in [0, 0.05) is 0 Å². The fourth-order valence-corrected chi connectivity index (χ4v) is 2.45. The molecule has 0 saturated heterocycles. The molecule has 0 radical (unpaired) electrons. The zero-order valence-electron chi connectivity index (χ0n) is 9.82. The van der Waals surface area contributed by atoms with Gasteiger partial charge < -0.3 is 15.9 Å². The summed E-state index contributed by atoms with van der Waals surface area (Å²) in [7, 11) is -4.10. The first-order chi connectivity index (χ1) is 8.65. The van der Waals surface area contributed by atoms with Gasteiger partial charge in [0.15, 0.2) is 0 Å². The van der Waals surface area contributed by atoms with E-state index in [0.717, 1.165) is 18.2 Å². The molecule has 1 amide bonds. The summed E-state index contributed by atoms with van der Waals surface area (Å²) in [6, 6.07) is 1.59. The van der Waals surface area contributed by atoms with Crippen molar-refractivity contribution in [1.29, 1.82) is 0 Å². The van der Waals surface area contributed by atoms with Gasteiger partial charge in [-0.15, -0.1) is 0 Å². The highest BCUT2D eigenvalue weighted by Gasteiger charge is 2.22. The Kier molecular flexibility index (Phi) is 4.12. The average Bonchev–Trinajstić information content (AvgIpc) is 2.27. The number of aromatic hydroxyl groups is 1. The van der Waals surface area contributed by atoms with Crippen LogP contribution in [0, 0.1) is 0 Å². The smallest absolute Gasteiger partial charge is 0.339 e. The van der Waals surface area contributed by atoms with Gasteiger partial charge in [0.2, 0.25) is 15.9 Å². The number of primary amides is 1. The van der Waals surface area contributed by atoms with Crippen molar-refractivity contribution in [2.24, 2.45) is 5.73 Å². The average molecular weight is 288 g/mol. The summed E-state index contributed by atoms with van der Waals surface area (Å²) in [6.45, 7) is 1.25. The molecule has 0 spiro atoms. The minimum absolute atomic E-state index is 0.393. The third-order valence-electron chi connectivity index (χ3n) is 2.27. The molecule has 0 aliphatic rings. The number of carboxylic acids is 1. The summed E-state index contributed by atoms with van der Waals surface area (Å²) < 4.78 is 25.7. The Bertz CT molecular complexity index is 625. The molecule has 1 unspecified atom stereocenters. The molecule has 1 atom stereocenters. The summed E-state index contributed by atoms with van der Waals surface area (Å²) in [5.74, 6) is -2.91. The van der Waals surface area contributed by atoms with Gasteiger partial charge in [0.05, 0.1) is 10.9 Å². The molecule has 0 aromatic heterocycles. The number of hydrogen-bond acceptors (Lipinski definition) is 5. The molecule has 0 heterocycles. The topological polar surface area (TPSA) is 147 Å². The Morgan fingerprint density at radius 2 is 1.95 bits per heavy atom. The van der Waals surface area contributed by atoms with Crippen molar-refractivity contribution in [3.8, 4) is 5.75 Å². The van der Waals surface area contributed by atoms with E-state index in [2.05, 4.69) is 0 Å². The Hall–Kier alpha value is -2.13. The molecule has 1 aromatic rings. The molecule has 104 valence electrons. The second kappa shape index (κ2) is 5.24. The number of carbonyl (C=O) groups excluding carboxylic acids is 1. The van der Waals surface area contributed by atoms with Crippen molar-refractivity contribution in [3.63, 3.8) is 0 Å². The van der Waals surface area contributed by atoms with E-state index in [0.29, 0.717) is 0 Å². The number of hydrogen-bond donors (Lipinski definition) is 4. The first-order valence-electron chi connectivity index (χ1n) is 5.03. The number of nitrogens with one attached hydrogen (secondary N) is 1. The Morgan fingerprint density at radius 1 is 1.37 bits per heavy atom. The summed E-state index contributed by atoms with van der Waals surface area (Å²) >= 11 is 0. The minimum Gasteiger partial charge on any atom is -0.507 e. The van der Waals surface area contributed by atoms with Crippen LogP contribution in [0.5, 0.6) is 5.75 Å². The monoisotopic (exact) mass is 288 g/mol. The Balaban J connectivity index is 3.19. The van der Waals surface area contributed by atoms with Crippen LogP contribution >= 0.6 is 0 Å². The molecule has 8 nitrogen and oxygen atoms in total. The van der Waals surface area contributed by atoms with Gasteiger partial charge in [-0.2, -0.15) is 4.72 Å². The van der Waals surface area contributed by atoms with Crippen LogP contribution in [-0.2, 0) is 14.8 Å². The van der Waals surface area contributed by atoms with E-state index in [9.17, 15) is 23.1 Å². The fourth-order valence-electron chi connectivity index (χ4n) is 1.21. The third kappa shape index (κ3) is 3.42. The number of rotatable bonds is 5. The largest absolute Gasteiger partial charge is 0.507 e. The number of phenols is 1. The van der Waals surface area contributed by atoms with Crippen molar-refractivity contribution < 1.29 is 28.2 Å². The molecular formula is C10H12N2O6S. The van der Waals surface area contributed by atoms with Crippen LogP contribution in [0.1, 0.15) is 17.3 Å². The van der Waals surface area contributed by atoms with Crippen LogP contribution in [-0.4, -0.2) is 36.5 Å². The predicted molar refractivity (Wildman–Crippen MR) is 64.0 cm³/mol. The van der Waals surface area contributed by atoms with Crippen LogP contribution in [0.4, 0.5) is 0 Å². The van der Waals surface area contributed by atoms with E-state index >= 15 is 0 Å². The maximum absolute atomic E-state index is 11.8. The molecule has 5 N–H and O–H groups in total. The molecule has 1 rings (SSSR count). The van der Waals surface area contributed by atoms with Crippen LogP contribution < -0.4 is 10.5 Å². The Morgan fingerprint density at radius 3 is 2.42 bits per heavy atom. The number of nitrogens with two attached hydrogens (primary N) is 1. The van der Waals surface area contributed by atoms with E-state index in [1.165, 1.54) is 6.92 Å². The molecule has 0 aliphatic heterocycles. The highest BCUT2D eigenvalue weighted by molar-refractivity contribution is 7.89. The second-order valence-electron chi connectivity index (χ2n) is 3.73. The van der Waals surface area contributed by atoms with Gasteiger partial charge in [-0.3, -0.25) is 4.79 Å². The molecule has 1 aromatic carbocycles. The summed E-state index contributed by atoms with van der Waals surface area (Å²) in [4.78, 5) is 21.2. The predicted octanol–water partition coefficient (Wildman–Crippen LogP) is -0.758. The lowest BCUT2D eigenvalue weighted by atomic mass is 10.2. The number of aromatic carboxylic acids is 1. The first kappa shape index (κ1) is 14.9. The van der Waals surface area contributed by atoms with Crippen LogP contribution in [0.25, 0.3) is 0 Å². The van der Waals surface area contributed by atoms with Gasteiger partial charge in [-0.25, -0.2) is 13.2 Å². The number of benzene rings is 1. The van der Waals surface area contributed by atoms with Gasteiger partial charge >= 0.3 is 5.97 Å². The molecule has 9 heteroatoms. The SMILES string of the molecule is CC(NS(=O)(=O)c1ccc(O)c(C(=O)O)c1)C(N)=O. The van der Waals surface area contributed by atoms with Crippen LogP contribution in [0.3, 0.4) is 0 Å². The highest BCUT2D eigenvalue weighted by atomic mass is 32.2. The van der Waals surface area contributed by atoms with Gasteiger partial charge in [0.1, 0.15) is 11.3 Å². The van der Waals surface area contributed by atoms with E-state index in [4.69, 9.17) is 10.8 Å². The summed E-state index contributed by atoms with van der Waals surface area (Å²) in [5, 5.41) is 18.0. The lowest BCUT2D eigenvalue weighted by Crippen LogP contribution is -2.42. The summed E-state index contributed by atoms with van der Waals surface area (Å²) in [6.07, 6.45) is 0. The molecule has 0 fully saturated rings. The second-order valence-corrected chi connectivity index (χ2v) is 5.44. The van der Waals surface area contributed by atoms with E-state index in [1.807, 2.05) is 4.72 Å². The first-order valence-corrected chi connectivity index (χ1v) is 6.51. The number of amides is 1. The molecular weight excluding hydrogens is 276 g/mol. The fraction of sp³-hybridized carbons (Fsp3) is 0.200. The normalized spacial score (nSPS) is 12.9. The van der Waals surface area contributed by atoms with Gasteiger partial charge in [-0.05, 0) is 25.1 Å². The van der Waals surface area contributed by atoms with Crippen LogP contribution in [0.15, 0.2) is 23.1 Å². The quantitative estimate of drug-likeness (QED) is 0.560. The van der Waals surface area contributed by atoms with Crippen molar-refractivity contribution in [2.75, 3.05) is 0 Å². The number of sulfonamides is 1. The molecule has 19 heavy (non-hydrogen) atoms. The molecule has 0 bridgehead atoms. The number of carboxylic acid groups (broad SMARTS) is 1. The van der Waals surface area contributed by atoms with Crippen molar-refractivity contribution in [1.82, 2.24) is 4.72 Å². The maximum Gasteiger partial charge on any atom is 0.339 e. The van der Waals surface area contributed by atoms with Crippen molar-refractivity contribution in [2.45, 2.75) is 17.9 Å². The lowest BCUT2D eigenvalue weighted by Gasteiger charge is -2.11. The van der Waals surface area contributed by atoms with Gasteiger partial charge in [0.25, 0.3) is 0 Å². The maximum atomic E-state index is 11.8.